The molecule has 0 fully saturated rings. The predicted molar refractivity (Wildman–Crippen MR) is 124 cm³/mol. The molecule has 4 rings (SSSR count). The van der Waals surface area contributed by atoms with E-state index >= 15 is 0 Å². The number of nitrogens with zero attached hydrogens (tertiary/aromatic N) is 3. The summed E-state index contributed by atoms with van der Waals surface area (Å²) >= 11 is 0. The Morgan fingerprint density at radius 3 is 2.40 bits per heavy atom. The summed E-state index contributed by atoms with van der Waals surface area (Å²) in [5.74, 6) is -2.00. The normalized spacial score (nSPS) is 14.9. The van der Waals surface area contributed by atoms with Crippen molar-refractivity contribution in [1.82, 2.24) is 0 Å². The molecule has 8 nitrogen and oxygen atoms in total. The van der Waals surface area contributed by atoms with Crippen LogP contribution in [0.1, 0.15) is 22.8 Å². The number of aromatic carboxylic acids is 1. The third-order valence-corrected chi connectivity index (χ3v) is 5.17. The maximum Gasteiger partial charge on any atom is 0.416 e. The van der Waals surface area contributed by atoms with Crippen molar-refractivity contribution in [3.05, 3.63) is 77.9 Å². The number of benzene rings is 3. The van der Waals surface area contributed by atoms with Gasteiger partial charge >= 0.3 is 18.1 Å². The molecule has 0 saturated carbocycles. The topological polar surface area (TPSA) is 115 Å². The van der Waals surface area contributed by atoms with Gasteiger partial charge in [0, 0.05) is 5.56 Å². The zero-order valence-corrected chi connectivity index (χ0v) is 18.0. The average Bonchev–Trinajstić information content (AvgIpc) is 3.11. The van der Waals surface area contributed by atoms with Crippen LogP contribution in [0.5, 0.6) is 5.75 Å². The number of anilines is 2. The Bertz CT molecular complexity index is 1380. The molecule has 0 aromatic heterocycles. The smallest absolute Gasteiger partial charge is 0.416 e. The molecule has 0 saturated heterocycles. The van der Waals surface area contributed by atoms with Crippen molar-refractivity contribution in [3.8, 4) is 16.9 Å². The first-order valence-corrected chi connectivity index (χ1v) is 10.1. The Kier molecular flexibility index (Phi) is 6.00. The average molecular weight is 482 g/mol. The lowest BCUT2D eigenvalue weighted by Crippen LogP contribution is -2.28. The zero-order chi connectivity index (χ0) is 25.3. The monoisotopic (exact) mass is 482 g/mol. The molecule has 1 aliphatic rings. The van der Waals surface area contributed by atoms with Crippen molar-refractivity contribution in [1.29, 1.82) is 0 Å². The van der Waals surface area contributed by atoms with Gasteiger partial charge in [0.05, 0.1) is 28.2 Å². The van der Waals surface area contributed by atoms with Crippen LogP contribution in [0.25, 0.3) is 11.1 Å². The summed E-state index contributed by atoms with van der Waals surface area (Å²) in [6.07, 6.45) is -4.51. The largest absolute Gasteiger partial charge is 0.505 e. The van der Waals surface area contributed by atoms with E-state index in [2.05, 4.69) is 15.6 Å². The van der Waals surface area contributed by atoms with E-state index in [0.29, 0.717) is 11.1 Å². The highest BCUT2D eigenvalue weighted by Crippen LogP contribution is 2.36. The molecule has 3 aromatic carbocycles. The standard InChI is InChI=1S/C24H17F3N4O4/c1-13-20(22(33)31(30-13)17-10-8-16(9-11-17)24(25,26)27)29-28-19-7-3-6-18(21(19)32)14-4-2-5-15(12-14)23(34)35/h2-12,28,32H,1H3,(H,34,35)/b29-20-. The summed E-state index contributed by atoms with van der Waals surface area (Å²) < 4.78 is 38.4. The Balaban J connectivity index is 1.57. The maximum absolute atomic E-state index is 12.8. The summed E-state index contributed by atoms with van der Waals surface area (Å²) in [5.41, 5.74) is 3.00. The quantitative estimate of drug-likeness (QED) is 0.351. The van der Waals surface area contributed by atoms with Crippen molar-refractivity contribution in [2.24, 2.45) is 10.2 Å². The summed E-state index contributed by atoms with van der Waals surface area (Å²) in [6.45, 7) is 1.51. The molecule has 3 N–H and O–H groups in total. The second-order valence-electron chi connectivity index (χ2n) is 7.51. The first-order chi connectivity index (χ1) is 16.6. The van der Waals surface area contributed by atoms with Gasteiger partial charge in [-0.2, -0.15) is 28.4 Å². The molecule has 0 unspecified atom stereocenters. The number of amides is 1. The number of phenols is 1. The number of hydrazone groups is 2. The predicted octanol–water partition coefficient (Wildman–Crippen LogP) is 4.97. The van der Waals surface area contributed by atoms with Crippen LogP contribution in [-0.4, -0.2) is 33.5 Å². The SMILES string of the molecule is CC1=NN(c2ccc(C(F)(F)F)cc2)C(=O)/C1=N\Nc1cccc(-c2cccc(C(=O)O)c2)c1O. The summed E-state index contributed by atoms with van der Waals surface area (Å²) in [5, 5.41) is 28.9. The molecular formula is C24H17F3N4O4. The van der Waals surface area contributed by atoms with Crippen LogP contribution in [-0.2, 0) is 11.0 Å². The number of halogens is 3. The van der Waals surface area contributed by atoms with Crippen molar-refractivity contribution >= 4 is 34.7 Å². The van der Waals surface area contributed by atoms with Crippen molar-refractivity contribution in [2.75, 3.05) is 10.4 Å². The molecule has 178 valence electrons. The number of aromatic hydroxyl groups is 1. The molecule has 0 spiro atoms. The molecule has 3 aromatic rings. The van der Waals surface area contributed by atoms with Crippen LogP contribution in [0.2, 0.25) is 0 Å². The van der Waals surface area contributed by atoms with Gasteiger partial charge in [-0.25, -0.2) is 4.79 Å². The minimum atomic E-state index is -4.51. The number of phenolic OH excluding ortho intramolecular Hbond substituents is 1. The van der Waals surface area contributed by atoms with Crippen molar-refractivity contribution < 1.29 is 33.0 Å². The zero-order valence-electron chi connectivity index (χ0n) is 18.0. The highest BCUT2D eigenvalue weighted by Gasteiger charge is 2.33. The fraction of sp³-hybridized carbons (Fsp3) is 0.0833. The maximum atomic E-state index is 12.8. The molecule has 1 heterocycles. The van der Waals surface area contributed by atoms with Crippen LogP contribution in [0.15, 0.2) is 76.9 Å². The Hall–Kier alpha value is -4.67. The lowest BCUT2D eigenvalue weighted by Gasteiger charge is -2.13. The summed E-state index contributed by atoms with van der Waals surface area (Å²) in [4.78, 5) is 24.0. The molecule has 0 bridgehead atoms. The third-order valence-electron chi connectivity index (χ3n) is 5.17. The minimum Gasteiger partial charge on any atom is -0.505 e. The van der Waals surface area contributed by atoms with Gasteiger partial charge in [0.15, 0.2) is 5.71 Å². The molecule has 35 heavy (non-hydrogen) atoms. The Morgan fingerprint density at radius 2 is 1.74 bits per heavy atom. The lowest BCUT2D eigenvalue weighted by atomic mass is 10.0. The Labute approximate surface area is 196 Å². The van der Waals surface area contributed by atoms with E-state index in [1.807, 2.05) is 0 Å². The third kappa shape index (κ3) is 4.69. The number of alkyl halides is 3. The van der Waals surface area contributed by atoms with E-state index in [1.54, 1.807) is 24.3 Å². The molecule has 0 radical (unpaired) electrons. The first kappa shape index (κ1) is 23.5. The summed E-state index contributed by atoms with van der Waals surface area (Å²) in [6, 6.07) is 14.7. The molecular weight excluding hydrogens is 465 g/mol. The molecule has 11 heteroatoms. The molecule has 1 aliphatic heterocycles. The van der Waals surface area contributed by atoms with E-state index in [0.717, 1.165) is 29.3 Å². The summed E-state index contributed by atoms with van der Waals surface area (Å²) in [7, 11) is 0. The van der Waals surface area contributed by atoms with Gasteiger partial charge in [-0.15, -0.1) is 0 Å². The number of hydrogen-bond donors (Lipinski definition) is 3. The van der Waals surface area contributed by atoms with Crippen molar-refractivity contribution in [2.45, 2.75) is 13.1 Å². The number of para-hydroxylation sites is 1. The van der Waals surface area contributed by atoms with Crippen LogP contribution in [0.4, 0.5) is 24.5 Å². The highest BCUT2D eigenvalue weighted by atomic mass is 19.4. The lowest BCUT2D eigenvalue weighted by molar-refractivity contribution is -0.137. The van der Waals surface area contributed by atoms with Crippen molar-refractivity contribution in [3.63, 3.8) is 0 Å². The van der Waals surface area contributed by atoms with Crippen LogP contribution in [0.3, 0.4) is 0 Å². The van der Waals surface area contributed by atoms with E-state index in [9.17, 15) is 33.0 Å². The second-order valence-corrected chi connectivity index (χ2v) is 7.51. The van der Waals surface area contributed by atoms with Gasteiger partial charge in [0.1, 0.15) is 5.75 Å². The highest BCUT2D eigenvalue weighted by molar-refractivity contribution is 6.71. The van der Waals surface area contributed by atoms with Gasteiger partial charge in [0.25, 0.3) is 0 Å². The van der Waals surface area contributed by atoms with Gasteiger partial charge in [-0.3, -0.25) is 10.2 Å². The molecule has 0 aliphatic carbocycles. The van der Waals surface area contributed by atoms with Gasteiger partial charge in [-0.05, 0) is 55.0 Å². The number of hydrogen-bond acceptors (Lipinski definition) is 6. The van der Waals surface area contributed by atoms with Gasteiger partial charge < -0.3 is 10.2 Å². The van der Waals surface area contributed by atoms with Crippen LogP contribution in [0, 0.1) is 0 Å². The van der Waals surface area contributed by atoms with Gasteiger partial charge in [-0.1, -0.05) is 24.3 Å². The van der Waals surface area contributed by atoms with Crippen LogP contribution >= 0.6 is 0 Å². The molecule has 1 amide bonds. The number of carbonyl (C=O) groups is 2. The van der Waals surface area contributed by atoms with Gasteiger partial charge in [0.2, 0.25) is 0 Å². The Morgan fingerprint density at radius 1 is 1.06 bits per heavy atom. The molecule has 0 atom stereocenters. The number of nitrogens with one attached hydrogen (secondary N) is 1. The van der Waals surface area contributed by atoms with E-state index in [1.165, 1.54) is 25.1 Å². The minimum absolute atomic E-state index is 0.0484. The fourth-order valence-electron chi connectivity index (χ4n) is 3.40. The second kappa shape index (κ2) is 8.93. The number of carboxylic acid groups (broad SMARTS) is 1. The van der Waals surface area contributed by atoms with E-state index in [4.69, 9.17) is 0 Å². The fourth-order valence-corrected chi connectivity index (χ4v) is 3.40. The van der Waals surface area contributed by atoms with E-state index in [-0.39, 0.29) is 34.1 Å². The number of rotatable bonds is 5. The number of carboxylic acids is 1. The van der Waals surface area contributed by atoms with E-state index < -0.39 is 23.6 Å². The first-order valence-electron chi connectivity index (χ1n) is 10.1. The van der Waals surface area contributed by atoms with Crippen LogP contribution < -0.4 is 10.4 Å². The number of carbonyl (C=O) groups excluding carboxylic acids is 1.